The van der Waals surface area contributed by atoms with E-state index in [0.717, 1.165) is 0 Å². The van der Waals surface area contributed by atoms with Crippen molar-refractivity contribution in [2.45, 2.75) is 12.4 Å². The van der Waals surface area contributed by atoms with Crippen LogP contribution in [0.2, 0.25) is 0 Å². The van der Waals surface area contributed by atoms with E-state index in [1.165, 1.54) is 30.3 Å². The molecule has 0 heterocycles. The average molecular weight is 521 g/mol. The predicted molar refractivity (Wildman–Crippen MR) is 115 cm³/mol. The second-order valence-corrected chi connectivity index (χ2v) is 7.88. The summed E-state index contributed by atoms with van der Waals surface area (Å²) in [5, 5.41) is 2.29. The van der Waals surface area contributed by atoms with Gasteiger partial charge in [0.15, 0.2) is 18.2 Å². The van der Waals surface area contributed by atoms with E-state index in [0.29, 0.717) is 0 Å². The predicted octanol–water partition coefficient (Wildman–Crippen LogP) is 5.30. The van der Waals surface area contributed by atoms with Gasteiger partial charge in [0.2, 0.25) is 0 Å². The van der Waals surface area contributed by atoms with Crippen molar-refractivity contribution in [1.82, 2.24) is 0 Å². The van der Waals surface area contributed by atoms with E-state index in [-0.39, 0.29) is 46.1 Å². The van der Waals surface area contributed by atoms with Crippen LogP contribution in [0.5, 0.6) is 0 Å². The molecule has 1 aliphatic rings. The first-order valence-electron chi connectivity index (χ1n) is 10.3. The van der Waals surface area contributed by atoms with Crippen molar-refractivity contribution in [2.24, 2.45) is 0 Å². The van der Waals surface area contributed by atoms with Crippen LogP contribution in [0.4, 0.5) is 32.0 Å². The summed E-state index contributed by atoms with van der Waals surface area (Å²) in [5.74, 6) is -3.44. The highest BCUT2D eigenvalue weighted by Crippen LogP contribution is 2.36. The number of nitrogens with one attached hydrogen (secondary N) is 1. The highest BCUT2D eigenvalue weighted by molar-refractivity contribution is 6.28. The van der Waals surface area contributed by atoms with Gasteiger partial charge in [-0.2, -0.15) is 26.3 Å². The molecule has 0 fully saturated rings. The monoisotopic (exact) mass is 521 g/mol. The van der Waals surface area contributed by atoms with Gasteiger partial charge in [0, 0.05) is 27.9 Å². The number of halogens is 6. The van der Waals surface area contributed by atoms with Gasteiger partial charge in [0.05, 0.1) is 16.7 Å². The molecule has 4 rings (SSSR count). The van der Waals surface area contributed by atoms with Gasteiger partial charge >= 0.3 is 18.3 Å². The molecule has 3 aromatic carbocycles. The molecule has 6 nitrogen and oxygen atoms in total. The lowest BCUT2D eigenvalue weighted by Gasteiger charge is -2.18. The van der Waals surface area contributed by atoms with Gasteiger partial charge in [-0.15, -0.1) is 0 Å². The van der Waals surface area contributed by atoms with Gasteiger partial charge in [0.25, 0.3) is 5.91 Å². The fourth-order valence-electron chi connectivity index (χ4n) is 3.66. The van der Waals surface area contributed by atoms with Crippen molar-refractivity contribution in [3.05, 3.63) is 99.6 Å². The molecule has 0 bridgehead atoms. The normalized spacial score (nSPS) is 13.0. The zero-order valence-electron chi connectivity index (χ0n) is 18.3. The Hall–Kier alpha value is -4.48. The van der Waals surface area contributed by atoms with Crippen LogP contribution >= 0.6 is 0 Å². The van der Waals surface area contributed by atoms with E-state index in [4.69, 9.17) is 0 Å². The summed E-state index contributed by atoms with van der Waals surface area (Å²) in [6.45, 7) is -1.05. The van der Waals surface area contributed by atoms with Crippen LogP contribution in [0, 0.1) is 0 Å². The van der Waals surface area contributed by atoms with Crippen LogP contribution in [0.1, 0.15) is 53.3 Å². The summed E-state index contributed by atoms with van der Waals surface area (Å²) in [4.78, 5) is 49.7. The molecule has 37 heavy (non-hydrogen) atoms. The van der Waals surface area contributed by atoms with Crippen molar-refractivity contribution in [3.63, 3.8) is 0 Å². The second-order valence-electron chi connectivity index (χ2n) is 7.88. The Kier molecular flexibility index (Phi) is 6.36. The van der Waals surface area contributed by atoms with E-state index < -0.39 is 59.1 Å². The molecule has 0 radical (unpaired) electrons. The summed E-state index contributed by atoms with van der Waals surface area (Å²) in [7, 11) is 0. The largest absolute Gasteiger partial charge is 0.452 e. The summed E-state index contributed by atoms with van der Waals surface area (Å²) in [5.41, 5.74) is -3.91. The summed E-state index contributed by atoms with van der Waals surface area (Å²) in [6, 6.07) is 10.2. The van der Waals surface area contributed by atoms with E-state index >= 15 is 0 Å². The first-order chi connectivity index (χ1) is 17.3. The Morgan fingerprint density at radius 2 is 1.22 bits per heavy atom. The third-order valence-electron chi connectivity index (χ3n) is 5.37. The Morgan fingerprint density at radius 3 is 1.76 bits per heavy atom. The molecular formula is C25H13F6NO5. The summed E-state index contributed by atoms with van der Waals surface area (Å²) < 4.78 is 82.5. The number of carbonyl (C=O) groups is 4. The second kappa shape index (κ2) is 9.19. The fourth-order valence-corrected chi connectivity index (χ4v) is 3.66. The molecule has 0 saturated heterocycles. The van der Waals surface area contributed by atoms with Crippen molar-refractivity contribution < 1.29 is 50.3 Å². The molecule has 3 aromatic rings. The highest BCUT2D eigenvalue weighted by atomic mass is 19.4. The van der Waals surface area contributed by atoms with Gasteiger partial charge in [0.1, 0.15) is 0 Å². The number of rotatable bonds is 4. The Bertz CT molecular complexity index is 1430. The number of anilines is 1. The van der Waals surface area contributed by atoms with Crippen LogP contribution in [0.15, 0.2) is 60.7 Å². The number of ether oxygens (including phenoxy) is 1. The van der Waals surface area contributed by atoms with Gasteiger partial charge in [-0.1, -0.05) is 24.3 Å². The Morgan fingerprint density at radius 1 is 0.703 bits per heavy atom. The Balaban J connectivity index is 1.47. The number of ketones is 2. The molecular weight excluding hydrogens is 508 g/mol. The molecule has 0 saturated carbocycles. The standard InChI is InChI=1S/C25H13F6NO5/c26-24(27,28)13-7-12(8-14(9-13)25(29,30)31)23(36)37-11-20(33)32-15-5-6-18-19(10-15)22(35)17-4-2-1-3-16(17)21(18)34/h1-10H,11H2,(H,32,33). The van der Waals surface area contributed by atoms with Crippen LogP contribution in [0.25, 0.3) is 0 Å². The van der Waals surface area contributed by atoms with Gasteiger partial charge in [-0.3, -0.25) is 14.4 Å². The lowest BCUT2D eigenvalue weighted by molar-refractivity contribution is -0.143. The summed E-state index contributed by atoms with van der Waals surface area (Å²) in [6.07, 6.45) is -10.3. The third-order valence-corrected chi connectivity index (χ3v) is 5.37. The van der Waals surface area contributed by atoms with Gasteiger partial charge in [-0.05, 0) is 36.4 Å². The minimum absolute atomic E-state index is 0.0159. The molecule has 1 N–H and O–H groups in total. The maximum absolute atomic E-state index is 13.0. The quantitative estimate of drug-likeness (QED) is 0.291. The number of alkyl halides is 6. The highest BCUT2D eigenvalue weighted by Gasteiger charge is 2.38. The van der Waals surface area contributed by atoms with E-state index in [1.54, 1.807) is 12.1 Å². The molecule has 0 aliphatic heterocycles. The van der Waals surface area contributed by atoms with E-state index in [1.807, 2.05) is 0 Å². The molecule has 190 valence electrons. The zero-order chi connectivity index (χ0) is 27.1. The zero-order valence-corrected chi connectivity index (χ0v) is 18.3. The smallest absolute Gasteiger partial charge is 0.416 e. The number of carbonyl (C=O) groups excluding carboxylic acids is 4. The number of fused-ring (bicyclic) bond motifs is 2. The molecule has 0 unspecified atom stereocenters. The molecule has 1 amide bonds. The minimum atomic E-state index is -5.17. The van der Waals surface area contributed by atoms with Crippen LogP contribution in [-0.2, 0) is 21.9 Å². The number of hydrogen-bond donors (Lipinski definition) is 1. The lowest BCUT2D eigenvalue weighted by Crippen LogP contribution is -2.23. The molecule has 0 atom stereocenters. The number of amides is 1. The first-order valence-corrected chi connectivity index (χ1v) is 10.3. The average Bonchev–Trinajstić information content (AvgIpc) is 2.84. The third kappa shape index (κ3) is 5.22. The molecule has 0 aromatic heterocycles. The van der Waals surface area contributed by atoms with Gasteiger partial charge in [-0.25, -0.2) is 4.79 Å². The topological polar surface area (TPSA) is 89.5 Å². The van der Waals surface area contributed by atoms with E-state index in [9.17, 15) is 45.5 Å². The number of hydrogen-bond acceptors (Lipinski definition) is 5. The minimum Gasteiger partial charge on any atom is -0.452 e. The number of benzene rings is 3. The summed E-state index contributed by atoms with van der Waals surface area (Å²) >= 11 is 0. The maximum Gasteiger partial charge on any atom is 0.416 e. The first kappa shape index (κ1) is 25.6. The molecule has 0 spiro atoms. The maximum atomic E-state index is 13.0. The fraction of sp³-hybridized carbons (Fsp3) is 0.120. The Labute approximate surface area is 203 Å². The van der Waals surface area contributed by atoms with E-state index in [2.05, 4.69) is 10.1 Å². The van der Waals surface area contributed by atoms with Crippen molar-refractivity contribution in [3.8, 4) is 0 Å². The van der Waals surface area contributed by atoms with Crippen molar-refractivity contribution in [2.75, 3.05) is 11.9 Å². The molecule has 1 aliphatic carbocycles. The van der Waals surface area contributed by atoms with Gasteiger partial charge < -0.3 is 10.1 Å². The van der Waals surface area contributed by atoms with Crippen molar-refractivity contribution in [1.29, 1.82) is 0 Å². The SMILES string of the molecule is O=C(COC(=O)c1cc(C(F)(F)F)cc(C(F)(F)F)c1)Nc1ccc2c(c1)C(=O)c1ccccc1C2=O. The number of esters is 1. The van der Waals surface area contributed by atoms with Crippen molar-refractivity contribution >= 4 is 29.1 Å². The lowest BCUT2D eigenvalue weighted by atomic mass is 9.84. The molecule has 12 heteroatoms. The van der Waals surface area contributed by atoms with Crippen LogP contribution in [0.3, 0.4) is 0 Å². The van der Waals surface area contributed by atoms with Crippen LogP contribution < -0.4 is 5.32 Å². The van der Waals surface area contributed by atoms with Crippen LogP contribution in [-0.4, -0.2) is 30.0 Å².